The molecule has 16 heavy (non-hydrogen) atoms. The summed E-state index contributed by atoms with van der Waals surface area (Å²) in [7, 11) is 2.16. The third-order valence-corrected chi connectivity index (χ3v) is 6.21. The van der Waals surface area contributed by atoms with E-state index in [0.29, 0.717) is 5.78 Å². The minimum atomic E-state index is 0.260. The Morgan fingerprint density at radius 3 is 2.75 bits per heavy atom. The summed E-state index contributed by atoms with van der Waals surface area (Å²) in [6, 6.07) is 0.260. The Morgan fingerprint density at radius 2 is 2.12 bits per heavy atom. The number of hydrogen-bond acceptors (Lipinski definition) is 2. The normalized spacial score (nSPS) is 52.2. The minimum absolute atomic E-state index is 0.260. The molecular formula is C14H21NO. The number of Topliss-reactive ketones (excluding diaryl/α,β-unsaturated/α-hetero) is 1. The summed E-state index contributed by atoms with van der Waals surface area (Å²) in [5.41, 5.74) is 0.776. The van der Waals surface area contributed by atoms with Gasteiger partial charge >= 0.3 is 0 Å². The van der Waals surface area contributed by atoms with Crippen molar-refractivity contribution in [2.24, 2.45) is 29.1 Å². The van der Waals surface area contributed by atoms with Gasteiger partial charge in [0.1, 0.15) is 5.78 Å². The van der Waals surface area contributed by atoms with Gasteiger partial charge in [-0.05, 0) is 68.7 Å². The summed E-state index contributed by atoms with van der Waals surface area (Å²) in [6.45, 7) is 2.99. The largest absolute Gasteiger partial charge is 0.298 e. The monoisotopic (exact) mass is 219 g/mol. The maximum Gasteiger partial charge on any atom is 0.147 e. The lowest BCUT2D eigenvalue weighted by molar-refractivity contribution is -0.122. The van der Waals surface area contributed by atoms with Crippen LogP contribution in [0.4, 0.5) is 0 Å². The maximum absolute atomic E-state index is 11.8. The predicted molar refractivity (Wildman–Crippen MR) is 62.0 cm³/mol. The van der Waals surface area contributed by atoms with E-state index in [9.17, 15) is 4.79 Å². The average molecular weight is 219 g/mol. The van der Waals surface area contributed by atoms with Crippen LogP contribution in [0.2, 0.25) is 0 Å². The van der Waals surface area contributed by atoms with Crippen molar-refractivity contribution in [1.82, 2.24) is 4.90 Å². The van der Waals surface area contributed by atoms with Gasteiger partial charge in [-0.15, -0.1) is 0 Å². The van der Waals surface area contributed by atoms with Crippen LogP contribution in [0.25, 0.3) is 0 Å². The zero-order valence-corrected chi connectivity index (χ0v) is 10.3. The summed E-state index contributed by atoms with van der Waals surface area (Å²) >= 11 is 0. The lowest BCUT2D eigenvalue weighted by Gasteiger charge is -2.32. The Hall–Kier alpha value is -0.370. The van der Waals surface area contributed by atoms with E-state index in [1.165, 1.54) is 32.2 Å². The number of likely N-dealkylation sites (tertiary alicyclic amines) is 1. The van der Waals surface area contributed by atoms with Crippen LogP contribution in [-0.2, 0) is 4.79 Å². The lowest BCUT2D eigenvalue weighted by Crippen LogP contribution is -2.38. The molecule has 0 aromatic rings. The second kappa shape index (κ2) is 2.72. The molecule has 4 rings (SSSR count). The van der Waals surface area contributed by atoms with Crippen molar-refractivity contribution in [2.45, 2.75) is 38.6 Å². The average Bonchev–Trinajstić information content (AvgIpc) is 2.59. The van der Waals surface area contributed by atoms with Crippen LogP contribution in [0, 0.1) is 29.1 Å². The molecule has 88 valence electrons. The fourth-order valence-corrected chi connectivity index (χ4v) is 5.67. The minimum Gasteiger partial charge on any atom is -0.298 e. The van der Waals surface area contributed by atoms with Crippen molar-refractivity contribution in [3.05, 3.63) is 0 Å². The van der Waals surface area contributed by atoms with Crippen LogP contribution in [0.3, 0.4) is 0 Å². The van der Waals surface area contributed by atoms with E-state index in [1.807, 2.05) is 0 Å². The van der Waals surface area contributed by atoms with Crippen molar-refractivity contribution in [1.29, 1.82) is 0 Å². The molecule has 4 aliphatic rings. The first-order valence-electron chi connectivity index (χ1n) is 6.83. The summed E-state index contributed by atoms with van der Waals surface area (Å²) in [5.74, 6) is 3.86. The topological polar surface area (TPSA) is 20.3 Å². The number of likely N-dealkylation sites (N-methyl/N-ethyl adjacent to an activating group) is 1. The highest BCUT2D eigenvalue weighted by atomic mass is 16.1. The molecule has 1 heterocycles. The zero-order chi connectivity index (χ0) is 11.1. The molecule has 0 unspecified atom stereocenters. The third kappa shape index (κ3) is 0.958. The first kappa shape index (κ1) is 9.64. The SMILES string of the molecule is CC(=O)[C@@H]1[C@H]2[C@@H]3C[C@H]([C@H]2CN1C)C1(CC1)C3. The van der Waals surface area contributed by atoms with E-state index in [-0.39, 0.29) is 6.04 Å². The Kier molecular flexibility index (Phi) is 1.64. The van der Waals surface area contributed by atoms with E-state index < -0.39 is 0 Å². The fourth-order valence-electron chi connectivity index (χ4n) is 5.67. The van der Waals surface area contributed by atoms with Gasteiger partial charge in [0.15, 0.2) is 0 Å². The second-order valence-electron chi connectivity index (χ2n) is 6.91. The van der Waals surface area contributed by atoms with Crippen LogP contribution in [0.5, 0.6) is 0 Å². The molecule has 0 aromatic heterocycles. The van der Waals surface area contributed by atoms with Crippen molar-refractivity contribution < 1.29 is 4.79 Å². The smallest absolute Gasteiger partial charge is 0.147 e. The molecule has 1 spiro atoms. The van der Waals surface area contributed by atoms with Crippen LogP contribution >= 0.6 is 0 Å². The quantitative estimate of drug-likeness (QED) is 0.672. The molecule has 3 saturated carbocycles. The molecule has 0 aromatic carbocycles. The molecule has 1 saturated heterocycles. The first-order chi connectivity index (χ1) is 7.62. The number of carbonyl (C=O) groups excluding carboxylic acids is 1. The van der Waals surface area contributed by atoms with Gasteiger partial charge in [-0.25, -0.2) is 0 Å². The van der Waals surface area contributed by atoms with Gasteiger partial charge in [0.05, 0.1) is 6.04 Å². The number of hydrogen-bond donors (Lipinski definition) is 0. The molecule has 0 amide bonds. The van der Waals surface area contributed by atoms with Crippen LogP contribution in [-0.4, -0.2) is 30.3 Å². The second-order valence-corrected chi connectivity index (χ2v) is 6.91. The van der Waals surface area contributed by atoms with Crippen LogP contribution in [0.1, 0.15) is 32.6 Å². The van der Waals surface area contributed by atoms with E-state index >= 15 is 0 Å². The highest BCUT2D eigenvalue weighted by Gasteiger charge is 2.68. The van der Waals surface area contributed by atoms with Gasteiger partial charge in [-0.3, -0.25) is 9.69 Å². The summed E-state index contributed by atoms with van der Waals surface area (Å²) in [4.78, 5) is 14.2. The molecule has 0 radical (unpaired) electrons. The molecule has 5 atom stereocenters. The van der Waals surface area contributed by atoms with Crippen molar-refractivity contribution in [3.63, 3.8) is 0 Å². The Balaban J connectivity index is 1.69. The molecule has 2 nitrogen and oxygen atoms in total. The number of ketones is 1. The molecule has 2 heteroatoms. The van der Waals surface area contributed by atoms with Gasteiger partial charge in [-0.2, -0.15) is 0 Å². The Bertz CT molecular complexity index is 360. The van der Waals surface area contributed by atoms with Crippen LogP contribution in [0.15, 0.2) is 0 Å². The van der Waals surface area contributed by atoms with Gasteiger partial charge < -0.3 is 0 Å². The van der Waals surface area contributed by atoms with E-state index in [2.05, 4.69) is 11.9 Å². The highest BCUT2D eigenvalue weighted by molar-refractivity contribution is 5.82. The Labute approximate surface area is 97.4 Å². The van der Waals surface area contributed by atoms with Gasteiger partial charge in [0, 0.05) is 6.54 Å². The number of rotatable bonds is 1. The van der Waals surface area contributed by atoms with Crippen LogP contribution < -0.4 is 0 Å². The number of carbonyl (C=O) groups is 1. The summed E-state index contributed by atoms with van der Waals surface area (Å²) in [6.07, 6.45) is 5.89. The first-order valence-corrected chi connectivity index (χ1v) is 6.83. The summed E-state index contributed by atoms with van der Waals surface area (Å²) in [5, 5.41) is 0. The van der Waals surface area contributed by atoms with E-state index in [4.69, 9.17) is 0 Å². The molecule has 1 aliphatic heterocycles. The number of nitrogens with zero attached hydrogens (tertiary/aromatic N) is 1. The predicted octanol–water partition coefficient (Wildman–Crippen LogP) is 1.94. The molecule has 4 fully saturated rings. The molecular weight excluding hydrogens is 198 g/mol. The Morgan fingerprint density at radius 1 is 1.38 bits per heavy atom. The number of fused-ring (bicyclic) bond motifs is 6. The zero-order valence-electron chi connectivity index (χ0n) is 10.3. The van der Waals surface area contributed by atoms with Gasteiger partial charge in [-0.1, -0.05) is 0 Å². The summed E-state index contributed by atoms with van der Waals surface area (Å²) < 4.78 is 0. The fraction of sp³-hybridized carbons (Fsp3) is 0.929. The third-order valence-electron chi connectivity index (χ3n) is 6.21. The molecule has 2 bridgehead atoms. The van der Waals surface area contributed by atoms with Crippen molar-refractivity contribution >= 4 is 5.78 Å². The maximum atomic E-state index is 11.8. The standard InChI is InChI=1S/C14H21NO/c1-8(16)13-12-9-5-11(10(12)7-15(13)2)14(6-9)3-4-14/h9-13H,3-7H2,1-2H3/t9-,10-,11-,12+,13-/m1/s1. The lowest BCUT2D eigenvalue weighted by atomic mass is 9.71. The molecule has 0 N–H and O–H groups in total. The van der Waals surface area contributed by atoms with Crippen molar-refractivity contribution in [2.75, 3.05) is 13.6 Å². The molecule has 3 aliphatic carbocycles. The van der Waals surface area contributed by atoms with E-state index in [0.717, 1.165) is 29.1 Å². The highest BCUT2D eigenvalue weighted by Crippen LogP contribution is 2.73. The van der Waals surface area contributed by atoms with E-state index in [1.54, 1.807) is 6.92 Å². The van der Waals surface area contributed by atoms with Gasteiger partial charge in [0.2, 0.25) is 0 Å². The van der Waals surface area contributed by atoms with Gasteiger partial charge in [0.25, 0.3) is 0 Å². The van der Waals surface area contributed by atoms with Crippen molar-refractivity contribution in [3.8, 4) is 0 Å².